The maximum absolute atomic E-state index is 4.15. The van der Waals surface area contributed by atoms with E-state index in [0.29, 0.717) is 5.92 Å². The summed E-state index contributed by atoms with van der Waals surface area (Å²) >= 11 is 0. The molecule has 0 heterocycles. The zero-order chi connectivity index (χ0) is 13.0. The second-order valence-electron chi connectivity index (χ2n) is 6.02. The first-order chi connectivity index (χ1) is 7.21. The molecule has 0 spiro atoms. The smallest absolute Gasteiger partial charge is 0.0415 e. The van der Waals surface area contributed by atoms with Gasteiger partial charge in [0, 0.05) is 6.54 Å². The Balaban J connectivity index is 5.09. The molecule has 0 aliphatic rings. The number of allylic oxidation sites excluding steroid dienone is 1. The Morgan fingerprint density at radius 1 is 1.25 bits per heavy atom. The highest BCUT2D eigenvalue weighted by Gasteiger charge is 2.42. The van der Waals surface area contributed by atoms with Crippen molar-refractivity contribution < 1.29 is 0 Å². The number of aliphatic imine (C=N–C) groups is 1. The molecule has 0 N–H and O–H groups in total. The van der Waals surface area contributed by atoms with Gasteiger partial charge in [0.2, 0.25) is 0 Å². The predicted octanol–water partition coefficient (Wildman–Crippen LogP) is 4.73. The van der Waals surface area contributed by atoms with Gasteiger partial charge in [0.25, 0.3) is 0 Å². The minimum absolute atomic E-state index is 0.136. The van der Waals surface area contributed by atoms with E-state index in [1.807, 2.05) is 0 Å². The van der Waals surface area contributed by atoms with Crippen LogP contribution in [0.3, 0.4) is 0 Å². The van der Waals surface area contributed by atoms with Gasteiger partial charge >= 0.3 is 0 Å². The molecule has 0 aliphatic carbocycles. The van der Waals surface area contributed by atoms with E-state index < -0.39 is 0 Å². The third-order valence-electron chi connectivity index (χ3n) is 4.69. The van der Waals surface area contributed by atoms with Crippen LogP contribution in [0.4, 0.5) is 0 Å². The Morgan fingerprint density at radius 3 is 2.06 bits per heavy atom. The lowest BCUT2D eigenvalue weighted by atomic mass is 9.57. The SMILES string of the molecule is C=NCC(CCC)C(C)(C)C(C)(C)C(=C)C. The Bertz CT molecular complexity index is 248. The van der Waals surface area contributed by atoms with Crippen LogP contribution in [-0.4, -0.2) is 13.3 Å². The minimum atomic E-state index is 0.136. The second-order valence-corrected chi connectivity index (χ2v) is 6.02. The fourth-order valence-corrected chi connectivity index (χ4v) is 2.24. The Hall–Kier alpha value is -0.590. The molecule has 94 valence electrons. The lowest BCUT2D eigenvalue weighted by Crippen LogP contribution is -2.41. The predicted molar refractivity (Wildman–Crippen MR) is 75.2 cm³/mol. The van der Waals surface area contributed by atoms with Crippen LogP contribution in [0, 0.1) is 16.7 Å². The van der Waals surface area contributed by atoms with E-state index in [0.717, 1.165) is 6.54 Å². The number of hydrogen-bond acceptors (Lipinski definition) is 1. The summed E-state index contributed by atoms with van der Waals surface area (Å²) in [5.74, 6) is 0.585. The van der Waals surface area contributed by atoms with E-state index in [-0.39, 0.29) is 10.8 Å². The molecule has 0 fully saturated rings. The molecule has 1 heteroatoms. The van der Waals surface area contributed by atoms with E-state index in [1.54, 1.807) is 0 Å². The highest BCUT2D eigenvalue weighted by atomic mass is 14.7. The number of rotatable bonds is 7. The summed E-state index contributed by atoms with van der Waals surface area (Å²) in [6.07, 6.45) is 2.42. The van der Waals surface area contributed by atoms with Crippen LogP contribution in [0.1, 0.15) is 54.4 Å². The van der Waals surface area contributed by atoms with Crippen molar-refractivity contribution in [2.45, 2.75) is 54.4 Å². The van der Waals surface area contributed by atoms with Gasteiger partial charge in [-0.05, 0) is 36.8 Å². The molecule has 1 atom stereocenters. The first-order valence-electron chi connectivity index (χ1n) is 6.30. The van der Waals surface area contributed by atoms with Crippen molar-refractivity contribution in [1.29, 1.82) is 0 Å². The molecule has 0 amide bonds. The van der Waals surface area contributed by atoms with Crippen molar-refractivity contribution in [3.8, 4) is 0 Å². The summed E-state index contributed by atoms with van der Waals surface area (Å²) < 4.78 is 0. The van der Waals surface area contributed by atoms with Crippen molar-refractivity contribution in [2.75, 3.05) is 6.54 Å². The van der Waals surface area contributed by atoms with Crippen molar-refractivity contribution in [3.05, 3.63) is 12.2 Å². The molecular formula is C15H29N. The lowest BCUT2D eigenvalue weighted by Gasteiger charge is -2.47. The third-order valence-corrected chi connectivity index (χ3v) is 4.69. The summed E-state index contributed by atoms with van der Waals surface area (Å²) in [5, 5.41) is 0. The topological polar surface area (TPSA) is 12.4 Å². The summed E-state index contributed by atoms with van der Waals surface area (Å²) in [5.41, 5.74) is 1.59. The molecule has 0 rings (SSSR count). The van der Waals surface area contributed by atoms with Crippen LogP contribution in [0.5, 0.6) is 0 Å². The highest BCUT2D eigenvalue weighted by Crippen LogP contribution is 2.49. The molecule has 0 aromatic heterocycles. The van der Waals surface area contributed by atoms with Gasteiger partial charge < -0.3 is 4.99 Å². The van der Waals surface area contributed by atoms with E-state index in [9.17, 15) is 0 Å². The minimum Gasteiger partial charge on any atom is -0.301 e. The van der Waals surface area contributed by atoms with Gasteiger partial charge in [-0.3, -0.25) is 0 Å². The zero-order valence-corrected chi connectivity index (χ0v) is 12.1. The van der Waals surface area contributed by atoms with Crippen LogP contribution < -0.4 is 0 Å². The van der Waals surface area contributed by atoms with Crippen LogP contribution in [0.15, 0.2) is 17.1 Å². The van der Waals surface area contributed by atoms with Crippen LogP contribution in [-0.2, 0) is 0 Å². The molecule has 1 nitrogen and oxygen atoms in total. The van der Waals surface area contributed by atoms with Crippen LogP contribution >= 0.6 is 0 Å². The molecule has 0 aliphatic heterocycles. The van der Waals surface area contributed by atoms with Crippen molar-refractivity contribution in [3.63, 3.8) is 0 Å². The second kappa shape index (κ2) is 5.65. The van der Waals surface area contributed by atoms with Gasteiger partial charge in [0.1, 0.15) is 0 Å². The number of hydrogen-bond donors (Lipinski definition) is 0. The van der Waals surface area contributed by atoms with E-state index in [4.69, 9.17) is 0 Å². The van der Waals surface area contributed by atoms with Gasteiger partial charge in [0.05, 0.1) is 0 Å². The Kier molecular flexibility index (Phi) is 5.44. The molecule has 0 aromatic carbocycles. The third kappa shape index (κ3) is 2.96. The van der Waals surface area contributed by atoms with Crippen molar-refractivity contribution in [1.82, 2.24) is 0 Å². The normalized spacial score (nSPS) is 14.6. The van der Waals surface area contributed by atoms with E-state index in [1.165, 1.54) is 18.4 Å². The van der Waals surface area contributed by atoms with Gasteiger partial charge in [-0.15, -0.1) is 0 Å². The van der Waals surface area contributed by atoms with Gasteiger partial charge in [-0.1, -0.05) is 53.2 Å². The average Bonchev–Trinajstić information content (AvgIpc) is 2.16. The van der Waals surface area contributed by atoms with E-state index in [2.05, 4.69) is 59.8 Å². The van der Waals surface area contributed by atoms with Gasteiger partial charge in [-0.25, -0.2) is 0 Å². The molecule has 0 saturated carbocycles. The summed E-state index contributed by atoms with van der Waals surface area (Å²) in [7, 11) is 0. The Morgan fingerprint density at radius 2 is 1.75 bits per heavy atom. The highest BCUT2D eigenvalue weighted by molar-refractivity contribution is 5.23. The maximum atomic E-state index is 4.15. The van der Waals surface area contributed by atoms with E-state index >= 15 is 0 Å². The van der Waals surface area contributed by atoms with Crippen molar-refractivity contribution in [2.24, 2.45) is 21.7 Å². The van der Waals surface area contributed by atoms with Gasteiger partial charge in [0.15, 0.2) is 0 Å². The molecule has 0 radical (unpaired) electrons. The molecule has 0 bridgehead atoms. The Labute approximate surface area is 102 Å². The molecule has 0 aromatic rings. The quantitative estimate of drug-likeness (QED) is 0.437. The molecule has 0 saturated heterocycles. The van der Waals surface area contributed by atoms with Gasteiger partial charge in [-0.2, -0.15) is 0 Å². The molecule has 1 unspecified atom stereocenters. The fourth-order valence-electron chi connectivity index (χ4n) is 2.24. The average molecular weight is 223 g/mol. The standard InChI is InChI=1S/C15H29N/c1-9-10-13(11-16-8)15(6,7)14(4,5)12(2)3/h13H,2,8-11H2,1,3-7H3. The summed E-state index contributed by atoms with van der Waals surface area (Å²) in [6, 6.07) is 0. The van der Waals surface area contributed by atoms with Crippen LogP contribution in [0.2, 0.25) is 0 Å². The summed E-state index contributed by atoms with van der Waals surface area (Å²) in [4.78, 5) is 4.11. The summed E-state index contributed by atoms with van der Waals surface area (Å²) in [6.45, 7) is 22.3. The lowest BCUT2D eigenvalue weighted by molar-refractivity contribution is 0.0682. The monoisotopic (exact) mass is 223 g/mol. The zero-order valence-electron chi connectivity index (χ0n) is 12.1. The van der Waals surface area contributed by atoms with Crippen LogP contribution in [0.25, 0.3) is 0 Å². The van der Waals surface area contributed by atoms with Crippen molar-refractivity contribution >= 4 is 6.72 Å². The molecular weight excluding hydrogens is 194 g/mol. The largest absolute Gasteiger partial charge is 0.301 e. The first-order valence-corrected chi connectivity index (χ1v) is 6.30. The number of nitrogens with zero attached hydrogens (tertiary/aromatic N) is 1. The first kappa shape index (κ1) is 15.4. The maximum Gasteiger partial charge on any atom is 0.0415 e. The molecule has 16 heavy (non-hydrogen) atoms. The fraction of sp³-hybridized carbons (Fsp3) is 0.800.